The fourth-order valence-corrected chi connectivity index (χ4v) is 4.14. The van der Waals surface area contributed by atoms with Gasteiger partial charge in [-0.15, -0.1) is 11.8 Å². The van der Waals surface area contributed by atoms with Crippen LogP contribution in [0.2, 0.25) is 0 Å². The van der Waals surface area contributed by atoms with Crippen molar-refractivity contribution in [2.45, 2.75) is 29.1 Å². The maximum atomic E-state index is 11.8. The lowest BCUT2D eigenvalue weighted by Gasteiger charge is -2.08. The van der Waals surface area contributed by atoms with Crippen molar-refractivity contribution in [3.8, 4) is 5.75 Å². The first kappa shape index (κ1) is 19.7. The third-order valence-corrected chi connectivity index (χ3v) is 6.09. The van der Waals surface area contributed by atoms with Gasteiger partial charge >= 0.3 is 5.97 Å². The van der Waals surface area contributed by atoms with E-state index in [4.69, 9.17) is 14.6 Å². The van der Waals surface area contributed by atoms with Gasteiger partial charge in [-0.1, -0.05) is 6.07 Å². The Balaban J connectivity index is 1.36. The van der Waals surface area contributed by atoms with Crippen LogP contribution in [-0.4, -0.2) is 33.4 Å². The van der Waals surface area contributed by atoms with Gasteiger partial charge in [-0.05, 0) is 66.8 Å². The molecule has 2 aromatic rings. The number of primary sulfonamides is 1. The fraction of sp³-hybridized carbons (Fsp3) is 0.316. The highest BCUT2D eigenvalue weighted by Gasteiger charge is 2.12. The summed E-state index contributed by atoms with van der Waals surface area (Å²) < 4.78 is 32.9. The molecule has 0 fully saturated rings. The van der Waals surface area contributed by atoms with Gasteiger partial charge in [0, 0.05) is 4.90 Å². The predicted molar refractivity (Wildman–Crippen MR) is 103 cm³/mol. The third-order valence-electron chi connectivity index (χ3n) is 4.19. The molecule has 0 saturated heterocycles. The quantitative estimate of drug-likeness (QED) is 0.410. The van der Waals surface area contributed by atoms with Gasteiger partial charge in [-0.3, -0.25) is 4.79 Å². The molecule has 2 aromatic carbocycles. The van der Waals surface area contributed by atoms with Crippen molar-refractivity contribution in [1.82, 2.24) is 0 Å². The van der Waals surface area contributed by atoms with E-state index < -0.39 is 10.0 Å². The molecule has 2 N–H and O–H groups in total. The van der Waals surface area contributed by atoms with Crippen LogP contribution in [-0.2, 0) is 32.4 Å². The van der Waals surface area contributed by atoms with Crippen molar-refractivity contribution in [2.24, 2.45) is 5.14 Å². The van der Waals surface area contributed by atoms with Crippen LogP contribution in [0.1, 0.15) is 17.5 Å². The summed E-state index contributed by atoms with van der Waals surface area (Å²) in [7, 11) is -3.72. The van der Waals surface area contributed by atoms with Crippen LogP contribution in [0.25, 0.3) is 0 Å². The van der Waals surface area contributed by atoms with E-state index >= 15 is 0 Å². The number of benzene rings is 2. The number of esters is 1. The number of thioether (sulfide) groups is 1. The Morgan fingerprint density at radius 1 is 1.04 bits per heavy atom. The number of hydrogen-bond donors (Lipinski definition) is 1. The Labute approximate surface area is 163 Å². The van der Waals surface area contributed by atoms with E-state index in [2.05, 4.69) is 18.2 Å². The maximum absolute atomic E-state index is 11.8. The first-order chi connectivity index (χ1) is 12.9. The standard InChI is InChI=1S/C19H21NO5S2/c20-27(22,23)18-8-5-16(6-9-18)24-10-11-25-19(21)13-26-17-7-4-14-2-1-3-15(14)12-17/h4-9,12H,1-3,10-11,13H2,(H2,20,22,23). The molecule has 144 valence electrons. The van der Waals surface area contributed by atoms with Gasteiger partial charge < -0.3 is 9.47 Å². The van der Waals surface area contributed by atoms with E-state index in [-0.39, 0.29) is 29.8 Å². The van der Waals surface area contributed by atoms with Crippen molar-refractivity contribution in [3.63, 3.8) is 0 Å². The molecule has 0 aromatic heterocycles. The third kappa shape index (κ3) is 5.72. The van der Waals surface area contributed by atoms with E-state index in [9.17, 15) is 13.2 Å². The molecule has 1 aliphatic carbocycles. The SMILES string of the molecule is NS(=O)(=O)c1ccc(OCCOC(=O)CSc2ccc3c(c2)CCC3)cc1. The fourth-order valence-electron chi connectivity index (χ4n) is 2.86. The summed E-state index contributed by atoms with van der Waals surface area (Å²) in [6, 6.07) is 12.1. The number of sulfonamides is 1. The Morgan fingerprint density at radius 2 is 1.78 bits per heavy atom. The smallest absolute Gasteiger partial charge is 0.316 e. The maximum Gasteiger partial charge on any atom is 0.316 e. The number of fused-ring (bicyclic) bond motifs is 1. The average molecular weight is 408 g/mol. The van der Waals surface area contributed by atoms with E-state index in [1.54, 1.807) is 0 Å². The minimum Gasteiger partial charge on any atom is -0.490 e. The minimum atomic E-state index is -3.72. The van der Waals surface area contributed by atoms with E-state index in [1.165, 1.54) is 53.6 Å². The van der Waals surface area contributed by atoms with Crippen molar-refractivity contribution in [3.05, 3.63) is 53.6 Å². The van der Waals surface area contributed by atoms with Crippen molar-refractivity contribution in [2.75, 3.05) is 19.0 Å². The Kier molecular flexibility index (Phi) is 6.41. The van der Waals surface area contributed by atoms with Gasteiger partial charge in [0.2, 0.25) is 10.0 Å². The molecule has 0 unspecified atom stereocenters. The second kappa shape index (κ2) is 8.77. The minimum absolute atomic E-state index is 0.0184. The van der Waals surface area contributed by atoms with Gasteiger partial charge in [0.15, 0.2) is 0 Å². The second-order valence-corrected chi connectivity index (χ2v) is 8.77. The molecule has 0 spiro atoms. The van der Waals surface area contributed by atoms with Crippen molar-refractivity contribution >= 4 is 27.8 Å². The zero-order valence-corrected chi connectivity index (χ0v) is 16.4. The second-order valence-electron chi connectivity index (χ2n) is 6.16. The van der Waals surface area contributed by atoms with Crippen molar-refractivity contribution < 1.29 is 22.7 Å². The molecule has 27 heavy (non-hydrogen) atoms. The van der Waals surface area contributed by atoms with E-state index in [0.29, 0.717) is 5.75 Å². The molecule has 6 nitrogen and oxygen atoms in total. The molecule has 0 aliphatic heterocycles. The summed E-state index contributed by atoms with van der Waals surface area (Å²) in [5.74, 6) is 0.432. The van der Waals surface area contributed by atoms with Crippen molar-refractivity contribution in [1.29, 1.82) is 0 Å². The first-order valence-electron chi connectivity index (χ1n) is 8.58. The van der Waals surface area contributed by atoms with Gasteiger partial charge in [0.05, 0.1) is 10.6 Å². The number of carbonyl (C=O) groups is 1. The highest BCUT2D eigenvalue weighted by atomic mass is 32.2. The summed E-state index contributed by atoms with van der Waals surface area (Å²) in [5, 5.41) is 5.03. The summed E-state index contributed by atoms with van der Waals surface area (Å²) in [4.78, 5) is 12.9. The summed E-state index contributed by atoms with van der Waals surface area (Å²) in [6.45, 7) is 0.310. The topological polar surface area (TPSA) is 95.7 Å². The largest absolute Gasteiger partial charge is 0.490 e. The Hall–Kier alpha value is -2.03. The zero-order valence-electron chi connectivity index (χ0n) is 14.7. The van der Waals surface area contributed by atoms with E-state index in [0.717, 1.165) is 17.7 Å². The normalized spacial score (nSPS) is 13.2. The number of ether oxygens (including phenoxy) is 2. The molecule has 0 atom stereocenters. The molecule has 0 amide bonds. The molecule has 3 rings (SSSR count). The lowest BCUT2D eigenvalue weighted by molar-refractivity contribution is -0.141. The van der Waals surface area contributed by atoms with Crippen LogP contribution >= 0.6 is 11.8 Å². The number of hydrogen-bond acceptors (Lipinski definition) is 6. The first-order valence-corrected chi connectivity index (χ1v) is 11.1. The Morgan fingerprint density at radius 3 is 2.52 bits per heavy atom. The molecule has 1 aliphatic rings. The molecule has 0 saturated carbocycles. The van der Waals surface area contributed by atoms with Crippen LogP contribution < -0.4 is 9.88 Å². The monoisotopic (exact) mass is 407 g/mol. The number of carbonyl (C=O) groups excluding carboxylic acids is 1. The highest BCUT2D eigenvalue weighted by Crippen LogP contribution is 2.27. The summed E-state index contributed by atoms with van der Waals surface area (Å²) in [6.07, 6.45) is 3.47. The summed E-state index contributed by atoms with van der Waals surface area (Å²) in [5.41, 5.74) is 2.80. The molecule has 0 bridgehead atoms. The molecular formula is C19H21NO5S2. The van der Waals surface area contributed by atoms with Gasteiger partial charge in [-0.25, -0.2) is 13.6 Å². The van der Waals surface area contributed by atoms with E-state index in [1.807, 2.05) is 0 Å². The predicted octanol–water partition coefficient (Wildman–Crippen LogP) is 2.54. The molecule has 0 heterocycles. The number of rotatable bonds is 8. The molecular weight excluding hydrogens is 386 g/mol. The lowest BCUT2D eigenvalue weighted by Crippen LogP contribution is -2.14. The zero-order chi connectivity index (χ0) is 19.3. The van der Waals surface area contributed by atoms with Crippen LogP contribution in [0.5, 0.6) is 5.75 Å². The lowest BCUT2D eigenvalue weighted by atomic mass is 10.1. The molecule has 8 heteroatoms. The van der Waals surface area contributed by atoms with Gasteiger partial charge in [-0.2, -0.15) is 0 Å². The number of nitrogens with two attached hydrogens (primary N) is 1. The van der Waals surface area contributed by atoms with Gasteiger partial charge in [0.25, 0.3) is 0 Å². The highest BCUT2D eigenvalue weighted by molar-refractivity contribution is 8.00. The van der Waals surface area contributed by atoms with Crippen LogP contribution in [0, 0.1) is 0 Å². The summed E-state index contributed by atoms with van der Waals surface area (Å²) >= 11 is 1.47. The molecule has 0 radical (unpaired) electrons. The van der Waals surface area contributed by atoms with Crippen LogP contribution in [0.3, 0.4) is 0 Å². The average Bonchev–Trinajstić information content (AvgIpc) is 3.11. The van der Waals surface area contributed by atoms with Crippen LogP contribution in [0.4, 0.5) is 0 Å². The Bertz CT molecular complexity index is 910. The van der Waals surface area contributed by atoms with Gasteiger partial charge in [0.1, 0.15) is 19.0 Å². The number of aryl methyl sites for hydroxylation is 2. The van der Waals surface area contributed by atoms with Crippen LogP contribution in [0.15, 0.2) is 52.3 Å².